The monoisotopic (exact) mass is 266 g/mol. The van der Waals surface area contributed by atoms with Crippen molar-refractivity contribution in [2.24, 2.45) is 0 Å². The lowest BCUT2D eigenvalue weighted by Gasteiger charge is -2.05. The van der Waals surface area contributed by atoms with Gasteiger partial charge in [0.15, 0.2) is 11.6 Å². The number of hydrogen-bond acceptors (Lipinski definition) is 2. The summed E-state index contributed by atoms with van der Waals surface area (Å²) in [6, 6.07) is 5.03. The summed E-state index contributed by atoms with van der Waals surface area (Å²) >= 11 is 0. The van der Waals surface area contributed by atoms with Gasteiger partial charge in [0, 0.05) is 11.6 Å². The average molecular weight is 266 g/mol. The van der Waals surface area contributed by atoms with Gasteiger partial charge in [-0.05, 0) is 17.5 Å². The van der Waals surface area contributed by atoms with Crippen LogP contribution in [0.25, 0.3) is 16.8 Å². The van der Waals surface area contributed by atoms with E-state index in [0.717, 1.165) is 18.2 Å². The first-order chi connectivity index (χ1) is 9.04. The maximum absolute atomic E-state index is 14.1. The topological polar surface area (TPSA) is 26.3 Å². The van der Waals surface area contributed by atoms with E-state index < -0.39 is 28.8 Å². The predicted octanol–water partition coefficient (Wildman–Crippen LogP) is 3.44. The van der Waals surface area contributed by atoms with E-state index in [-0.39, 0.29) is 10.9 Å². The number of rotatable bonds is 2. The first-order valence-corrected chi connectivity index (χ1v) is 5.37. The zero-order valence-corrected chi connectivity index (χ0v) is 9.91. The fraction of sp³-hybridized carbons (Fsp3) is 0.0714. The van der Waals surface area contributed by atoms with Gasteiger partial charge in [0.25, 0.3) is 0 Å². The molecule has 0 bridgehead atoms. The van der Waals surface area contributed by atoms with Gasteiger partial charge in [0.05, 0.1) is 12.5 Å². The number of benzene rings is 2. The molecule has 2 aromatic carbocycles. The molecular formula is C14H9F3O2. The van der Waals surface area contributed by atoms with Crippen molar-refractivity contribution in [2.75, 3.05) is 7.11 Å². The third-order valence-corrected chi connectivity index (χ3v) is 2.64. The smallest absolute Gasteiger partial charge is 0.330 e. The molecule has 0 aliphatic heterocycles. The van der Waals surface area contributed by atoms with Crippen LogP contribution < -0.4 is 0 Å². The molecule has 0 aliphatic carbocycles. The second-order valence-electron chi connectivity index (χ2n) is 3.78. The molecule has 98 valence electrons. The predicted molar refractivity (Wildman–Crippen MR) is 64.9 cm³/mol. The highest BCUT2D eigenvalue weighted by atomic mass is 19.2. The number of carbonyl (C=O) groups is 1. The van der Waals surface area contributed by atoms with Crippen molar-refractivity contribution in [3.05, 3.63) is 53.4 Å². The third kappa shape index (κ3) is 2.45. The van der Waals surface area contributed by atoms with Crippen LogP contribution in [0.1, 0.15) is 5.56 Å². The highest BCUT2D eigenvalue weighted by Crippen LogP contribution is 2.26. The van der Waals surface area contributed by atoms with Crippen LogP contribution in [0.5, 0.6) is 0 Å². The minimum atomic E-state index is -1.25. The lowest BCUT2D eigenvalue weighted by molar-refractivity contribution is -0.134. The molecule has 0 amide bonds. The lowest BCUT2D eigenvalue weighted by Crippen LogP contribution is -1.95. The minimum Gasteiger partial charge on any atom is -0.466 e. The summed E-state index contributed by atoms with van der Waals surface area (Å²) < 4.78 is 45.1. The normalized spacial score (nSPS) is 11.2. The first kappa shape index (κ1) is 13.1. The molecule has 2 aromatic rings. The number of fused-ring (bicyclic) bond motifs is 1. The highest BCUT2D eigenvalue weighted by molar-refractivity contribution is 5.90. The SMILES string of the molecule is COC(=O)/C=C/c1ccc2ccc(F)c(F)c2c1F. The Hall–Kier alpha value is -2.30. The summed E-state index contributed by atoms with van der Waals surface area (Å²) in [7, 11) is 1.18. The van der Waals surface area contributed by atoms with Crippen LogP contribution >= 0.6 is 0 Å². The first-order valence-electron chi connectivity index (χ1n) is 5.37. The largest absolute Gasteiger partial charge is 0.466 e. The fourth-order valence-corrected chi connectivity index (χ4v) is 1.68. The maximum Gasteiger partial charge on any atom is 0.330 e. The summed E-state index contributed by atoms with van der Waals surface area (Å²) in [4.78, 5) is 10.9. The summed E-state index contributed by atoms with van der Waals surface area (Å²) in [5.74, 6) is -3.96. The third-order valence-electron chi connectivity index (χ3n) is 2.64. The Balaban J connectivity index is 2.60. The van der Waals surface area contributed by atoms with Gasteiger partial charge in [-0.2, -0.15) is 0 Å². The van der Waals surface area contributed by atoms with Crippen LogP contribution in [0.4, 0.5) is 13.2 Å². The molecule has 0 fully saturated rings. The Morgan fingerprint density at radius 2 is 1.79 bits per heavy atom. The van der Waals surface area contributed by atoms with Crippen LogP contribution in [0.3, 0.4) is 0 Å². The molecule has 0 spiro atoms. The second kappa shape index (κ2) is 5.14. The highest BCUT2D eigenvalue weighted by Gasteiger charge is 2.13. The molecule has 0 saturated carbocycles. The summed E-state index contributed by atoms with van der Waals surface area (Å²) in [6.07, 6.45) is 2.15. The van der Waals surface area contributed by atoms with Crippen LogP contribution in [-0.2, 0) is 9.53 Å². The molecule has 0 aromatic heterocycles. The van der Waals surface area contributed by atoms with Crippen molar-refractivity contribution < 1.29 is 22.7 Å². The number of esters is 1. The molecule has 5 heteroatoms. The quantitative estimate of drug-likeness (QED) is 0.614. The van der Waals surface area contributed by atoms with Crippen molar-refractivity contribution in [3.8, 4) is 0 Å². The summed E-state index contributed by atoms with van der Waals surface area (Å²) in [5, 5.41) is -0.196. The Morgan fingerprint density at radius 3 is 2.47 bits per heavy atom. The van der Waals surface area contributed by atoms with E-state index in [1.165, 1.54) is 25.3 Å². The molecule has 0 N–H and O–H groups in total. The molecule has 0 saturated heterocycles. The standard InChI is InChI=1S/C14H9F3O2/c1-19-11(18)7-5-9-3-2-8-4-6-10(15)14(17)12(8)13(9)16/h2-7H,1H3/b7-5+. The minimum absolute atomic E-state index is 0.0256. The van der Waals surface area contributed by atoms with Gasteiger partial charge in [-0.3, -0.25) is 0 Å². The second-order valence-corrected chi connectivity index (χ2v) is 3.78. The van der Waals surface area contributed by atoms with E-state index in [2.05, 4.69) is 4.74 Å². The van der Waals surface area contributed by atoms with Gasteiger partial charge in [0.2, 0.25) is 0 Å². The number of hydrogen-bond donors (Lipinski definition) is 0. The van der Waals surface area contributed by atoms with Crippen LogP contribution in [-0.4, -0.2) is 13.1 Å². The molecule has 0 heterocycles. The van der Waals surface area contributed by atoms with Gasteiger partial charge in [-0.25, -0.2) is 18.0 Å². The zero-order chi connectivity index (χ0) is 14.0. The Morgan fingerprint density at radius 1 is 1.11 bits per heavy atom. The zero-order valence-electron chi connectivity index (χ0n) is 9.91. The van der Waals surface area contributed by atoms with E-state index in [9.17, 15) is 18.0 Å². The maximum atomic E-state index is 14.1. The van der Waals surface area contributed by atoms with Crippen molar-refractivity contribution in [2.45, 2.75) is 0 Å². The van der Waals surface area contributed by atoms with E-state index in [0.29, 0.717) is 0 Å². The number of ether oxygens (including phenoxy) is 1. The van der Waals surface area contributed by atoms with Gasteiger partial charge in [-0.15, -0.1) is 0 Å². The van der Waals surface area contributed by atoms with Crippen LogP contribution in [0, 0.1) is 17.5 Å². The Kier molecular flexibility index (Phi) is 3.55. The molecule has 0 unspecified atom stereocenters. The summed E-state index contributed by atoms with van der Waals surface area (Å²) in [6.45, 7) is 0. The summed E-state index contributed by atoms with van der Waals surface area (Å²) in [5.41, 5.74) is -0.0256. The van der Waals surface area contributed by atoms with Crippen LogP contribution in [0.2, 0.25) is 0 Å². The van der Waals surface area contributed by atoms with Crippen molar-refractivity contribution in [1.29, 1.82) is 0 Å². The molecule has 0 aliphatic rings. The molecule has 0 radical (unpaired) electrons. The van der Waals surface area contributed by atoms with E-state index in [1.807, 2.05) is 0 Å². The van der Waals surface area contributed by atoms with E-state index >= 15 is 0 Å². The number of methoxy groups -OCH3 is 1. The van der Waals surface area contributed by atoms with Gasteiger partial charge >= 0.3 is 5.97 Å². The number of halogens is 3. The van der Waals surface area contributed by atoms with Crippen molar-refractivity contribution in [1.82, 2.24) is 0 Å². The number of carbonyl (C=O) groups excluding carboxylic acids is 1. The molecular weight excluding hydrogens is 257 g/mol. The van der Waals surface area contributed by atoms with E-state index in [4.69, 9.17) is 0 Å². The molecule has 19 heavy (non-hydrogen) atoms. The fourth-order valence-electron chi connectivity index (χ4n) is 1.68. The lowest BCUT2D eigenvalue weighted by atomic mass is 10.0. The average Bonchev–Trinajstić information content (AvgIpc) is 2.41. The van der Waals surface area contributed by atoms with Gasteiger partial charge in [0.1, 0.15) is 5.82 Å². The van der Waals surface area contributed by atoms with Gasteiger partial charge < -0.3 is 4.74 Å². The van der Waals surface area contributed by atoms with E-state index in [1.54, 1.807) is 0 Å². The van der Waals surface area contributed by atoms with Gasteiger partial charge in [-0.1, -0.05) is 18.2 Å². The van der Waals surface area contributed by atoms with Crippen molar-refractivity contribution >= 4 is 22.8 Å². The van der Waals surface area contributed by atoms with Crippen LogP contribution in [0.15, 0.2) is 30.3 Å². The Labute approximate surface area is 107 Å². The molecule has 0 atom stereocenters. The molecule has 2 nitrogen and oxygen atoms in total. The van der Waals surface area contributed by atoms with Crippen molar-refractivity contribution in [3.63, 3.8) is 0 Å². The molecule has 2 rings (SSSR count). The Bertz CT molecular complexity index is 678.